The normalized spacial score (nSPS) is 11.0. The molecule has 0 aliphatic rings. The summed E-state index contributed by atoms with van der Waals surface area (Å²) < 4.78 is 18.0. The quantitative estimate of drug-likeness (QED) is 0.161. The summed E-state index contributed by atoms with van der Waals surface area (Å²) in [6, 6.07) is 19.5. The second kappa shape index (κ2) is 11.1. The highest BCUT2D eigenvalue weighted by atomic mass is 32.1. The molecule has 0 saturated heterocycles. The number of aliphatic imine (C=N–C) groups is 2. The van der Waals surface area contributed by atoms with Crippen molar-refractivity contribution >= 4 is 109 Å². The molecule has 0 fully saturated rings. The summed E-state index contributed by atoms with van der Waals surface area (Å²) in [5.41, 5.74) is 4.02. The van der Waals surface area contributed by atoms with Crippen LogP contribution in [-0.2, 0) is 14.1 Å². The smallest absolute Gasteiger partial charge is 0.219 e. The van der Waals surface area contributed by atoms with Crippen LogP contribution in [-0.4, -0.2) is 34.8 Å². The van der Waals surface area contributed by atoms with E-state index in [9.17, 15) is 0 Å². The van der Waals surface area contributed by atoms with Crippen LogP contribution in [0.1, 0.15) is 0 Å². The molecule has 6 aromatic heterocycles. The minimum Gasteiger partial charge on any atom is -0.495 e. The number of aryl methyl sites for hydroxylation is 2. The molecule has 14 heteroatoms. The van der Waals surface area contributed by atoms with Crippen molar-refractivity contribution in [2.75, 3.05) is 14.2 Å². The molecular formula is C32H18N8O2S4. The molecule has 0 amide bonds. The van der Waals surface area contributed by atoms with E-state index >= 15 is 0 Å². The largest absolute Gasteiger partial charge is 0.495 e. The Balaban J connectivity index is 1.35. The van der Waals surface area contributed by atoms with Crippen LogP contribution in [0.4, 0.5) is 10.0 Å². The third kappa shape index (κ3) is 4.44. The zero-order valence-electron chi connectivity index (χ0n) is 24.5. The van der Waals surface area contributed by atoms with Gasteiger partial charge in [-0.2, -0.15) is 21.0 Å². The first kappa shape index (κ1) is 29.2. The Morgan fingerprint density at radius 3 is 1.33 bits per heavy atom. The van der Waals surface area contributed by atoms with Gasteiger partial charge in [0.15, 0.2) is 0 Å². The van der Waals surface area contributed by atoms with Gasteiger partial charge in [0.1, 0.15) is 45.8 Å². The van der Waals surface area contributed by atoms with Crippen molar-refractivity contribution in [1.82, 2.24) is 9.13 Å². The second-order valence-electron chi connectivity index (χ2n) is 9.99. The fourth-order valence-corrected chi connectivity index (χ4v) is 10.1. The number of rotatable bonds is 6. The summed E-state index contributed by atoms with van der Waals surface area (Å²) in [7, 11) is 7.33. The molecule has 0 N–H and O–H groups in total. The van der Waals surface area contributed by atoms with Crippen LogP contribution in [0, 0.1) is 45.3 Å². The van der Waals surface area contributed by atoms with Crippen LogP contribution in [0.15, 0.2) is 46.4 Å². The molecule has 0 radical (unpaired) electrons. The molecule has 7 rings (SSSR count). The van der Waals surface area contributed by atoms with Crippen molar-refractivity contribution in [3.05, 3.63) is 36.4 Å². The maximum Gasteiger partial charge on any atom is 0.219 e. The fourth-order valence-electron chi connectivity index (χ4n) is 5.48. The van der Waals surface area contributed by atoms with Gasteiger partial charge in [0.05, 0.1) is 65.2 Å². The highest BCUT2D eigenvalue weighted by Gasteiger charge is 2.22. The molecule has 46 heavy (non-hydrogen) atoms. The Morgan fingerprint density at radius 2 is 0.978 bits per heavy atom. The lowest BCUT2D eigenvalue weighted by Crippen LogP contribution is -1.88. The number of methoxy groups -OCH3 is 2. The number of fused-ring (bicyclic) bond motifs is 6. The maximum atomic E-state index is 9.14. The van der Waals surface area contributed by atoms with Gasteiger partial charge in [0.2, 0.25) is 11.4 Å². The van der Waals surface area contributed by atoms with Crippen LogP contribution in [0.25, 0.3) is 61.7 Å². The van der Waals surface area contributed by atoms with Crippen molar-refractivity contribution < 1.29 is 9.47 Å². The monoisotopic (exact) mass is 674 g/mol. The van der Waals surface area contributed by atoms with Crippen molar-refractivity contribution in [2.24, 2.45) is 24.1 Å². The number of hydrogen-bond donors (Lipinski definition) is 0. The first-order chi connectivity index (χ1) is 22.3. The molecule has 0 saturated carbocycles. The van der Waals surface area contributed by atoms with Gasteiger partial charge >= 0.3 is 0 Å². The van der Waals surface area contributed by atoms with Crippen LogP contribution >= 0.6 is 45.3 Å². The molecule has 0 aliphatic carbocycles. The lowest BCUT2D eigenvalue weighted by Gasteiger charge is -2.02. The molecular weight excluding hydrogens is 657 g/mol. The number of benzene rings is 1. The average Bonchev–Trinajstić information content (AvgIpc) is 3.91. The van der Waals surface area contributed by atoms with Crippen LogP contribution in [0.3, 0.4) is 0 Å². The highest BCUT2D eigenvalue weighted by molar-refractivity contribution is 7.28. The van der Waals surface area contributed by atoms with Crippen molar-refractivity contribution in [1.29, 1.82) is 21.0 Å². The molecule has 0 spiro atoms. The molecule has 0 atom stereocenters. The fraction of sp³-hybridized carbons (Fsp3) is 0.125. The Kier molecular flexibility index (Phi) is 7.09. The second-order valence-corrected chi connectivity index (χ2v) is 14.2. The van der Waals surface area contributed by atoms with Gasteiger partial charge in [-0.1, -0.05) is 0 Å². The number of hydrogen-bond acceptors (Lipinski definition) is 12. The van der Waals surface area contributed by atoms with Gasteiger partial charge < -0.3 is 18.6 Å². The number of aromatic nitrogens is 2. The Labute approximate surface area is 277 Å². The molecule has 222 valence electrons. The van der Waals surface area contributed by atoms with E-state index in [4.69, 9.17) is 30.5 Å². The van der Waals surface area contributed by atoms with E-state index in [1.807, 2.05) is 24.3 Å². The van der Waals surface area contributed by atoms with E-state index in [-0.39, 0.29) is 11.4 Å². The molecule has 0 aliphatic heterocycles. The van der Waals surface area contributed by atoms with Gasteiger partial charge in [0.25, 0.3) is 0 Å². The Bertz CT molecular complexity index is 2430. The molecule has 0 unspecified atom stereocenters. The lowest BCUT2D eigenvalue weighted by molar-refractivity contribution is 0.418. The van der Waals surface area contributed by atoms with Crippen molar-refractivity contribution in [3.8, 4) is 55.3 Å². The van der Waals surface area contributed by atoms with Crippen LogP contribution in [0.5, 0.6) is 11.5 Å². The van der Waals surface area contributed by atoms with Crippen LogP contribution < -0.4 is 9.47 Å². The number of nitriles is 4. The number of thiophene rings is 4. The predicted octanol–water partition coefficient (Wildman–Crippen LogP) is 8.81. The Morgan fingerprint density at radius 1 is 0.587 bits per heavy atom. The maximum absolute atomic E-state index is 9.14. The zero-order valence-corrected chi connectivity index (χ0v) is 27.8. The molecule has 7 aromatic rings. The summed E-state index contributed by atoms with van der Waals surface area (Å²) in [4.78, 5) is 12.2. The third-order valence-corrected chi connectivity index (χ3v) is 12.3. The molecule has 6 heterocycles. The first-order valence-corrected chi connectivity index (χ1v) is 16.7. The minimum absolute atomic E-state index is 0.199. The SMILES string of the molecule is COc1cc(N=C(C#N)C#N)sc1-c1cc2c(s1)c1cc3c(cc1n2C)c1sc(-c2sc(N=C(C#N)C#N)cc2OC)cc1n3C. The molecule has 0 bridgehead atoms. The van der Waals surface area contributed by atoms with Crippen molar-refractivity contribution in [3.63, 3.8) is 0 Å². The summed E-state index contributed by atoms with van der Waals surface area (Å²) in [5, 5.41) is 39.9. The number of nitrogens with zero attached hydrogens (tertiary/aromatic N) is 8. The number of ether oxygens (including phenoxy) is 2. The van der Waals surface area contributed by atoms with Gasteiger partial charge in [-0.15, -0.1) is 45.3 Å². The van der Waals surface area contributed by atoms with Gasteiger partial charge in [-0.3, -0.25) is 0 Å². The summed E-state index contributed by atoms with van der Waals surface area (Å²) >= 11 is 6.11. The van der Waals surface area contributed by atoms with E-state index in [0.29, 0.717) is 21.5 Å². The van der Waals surface area contributed by atoms with E-state index in [2.05, 4.69) is 57.5 Å². The van der Waals surface area contributed by atoms with Gasteiger partial charge in [-0.25, -0.2) is 9.98 Å². The molecule has 1 aromatic carbocycles. The predicted molar refractivity (Wildman–Crippen MR) is 187 cm³/mol. The van der Waals surface area contributed by atoms with E-state index < -0.39 is 0 Å². The highest BCUT2D eigenvalue weighted by Crippen LogP contribution is 2.51. The first-order valence-electron chi connectivity index (χ1n) is 13.4. The van der Waals surface area contributed by atoms with E-state index in [1.165, 1.54) is 22.7 Å². The van der Waals surface area contributed by atoms with Crippen LogP contribution in [0.2, 0.25) is 0 Å². The average molecular weight is 675 g/mol. The third-order valence-electron chi connectivity index (χ3n) is 7.60. The van der Waals surface area contributed by atoms with Gasteiger partial charge in [-0.05, 0) is 24.3 Å². The summed E-state index contributed by atoms with van der Waals surface area (Å²) in [5.74, 6) is 1.29. The zero-order chi connectivity index (χ0) is 32.3. The van der Waals surface area contributed by atoms with Crippen molar-refractivity contribution in [2.45, 2.75) is 0 Å². The van der Waals surface area contributed by atoms with Gasteiger partial charge in [0, 0.05) is 37.0 Å². The summed E-state index contributed by atoms with van der Waals surface area (Å²) in [6.45, 7) is 0. The summed E-state index contributed by atoms with van der Waals surface area (Å²) in [6.07, 6.45) is 0. The molecule has 10 nitrogen and oxygen atoms in total. The lowest BCUT2D eigenvalue weighted by atomic mass is 10.2. The van der Waals surface area contributed by atoms with E-state index in [0.717, 1.165) is 61.7 Å². The standard InChI is InChI=1S/C32H18N8O2S4/c1-39-19-5-18-20(40(2)22-8-26(44-30(18)22)32-24(42-4)10-28(46-32)38-16(13-35)14-36)6-17(19)29-21(39)7-25(43-29)31-23(41-3)9-27(45-31)37-15(11-33)12-34/h5-10H,1-4H3. The topological polar surface area (TPSA) is 148 Å². The van der Waals surface area contributed by atoms with E-state index in [1.54, 1.807) is 49.0 Å². The Hall–Kier alpha value is -5.48. The minimum atomic E-state index is -0.199.